The van der Waals surface area contributed by atoms with Crippen LogP contribution in [-0.4, -0.2) is 57.9 Å². The van der Waals surface area contributed by atoms with Crippen LogP contribution in [-0.2, 0) is 10.0 Å². The summed E-state index contributed by atoms with van der Waals surface area (Å²) in [6, 6.07) is 19.3. The molecule has 7 nitrogen and oxygen atoms in total. The summed E-state index contributed by atoms with van der Waals surface area (Å²) >= 11 is 1.49. The number of likely N-dealkylation sites (N-methyl/N-ethyl adjacent to an activating group) is 1. The van der Waals surface area contributed by atoms with E-state index in [4.69, 9.17) is 4.98 Å². The van der Waals surface area contributed by atoms with Crippen molar-refractivity contribution in [1.82, 2.24) is 9.88 Å². The molecule has 0 unspecified atom stereocenters. The molecule has 4 aromatic rings. The van der Waals surface area contributed by atoms with Crippen molar-refractivity contribution in [2.75, 3.05) is 42.9 Å². The third-order valence-corrected chi connectivity index (χ3v) is 9.30. The molecule has 0 aliphatic carbocycles. The molecule has 0 saturated carbocycles. The summed E-state index contributed by atoms with van der Waals surface area (Å²) in [5, 5.41) is 0.633. The topological polar surface area (TPSA) is 73.8 Å². The van der Waals surface area contributed by atoms with Crippen LogP contribution >= 0.6 is 23.7 Å². The molecule has 1 aromatic heterocycles. The van der Waals surface area contributed by atoms with Crippen molar-refractivity contribution in [2.24, 2.45) is 0 Å². The highest BCUT2D eigenvalue weighted by Crippen LogP contribution is 2.33. The van der Waals surface area contributed by atoms with Gasteiger partial charge in [-0.3, -0.25) is 14.0 Å². The number of aryl methyl sites for hydroxylation is 2. The number of para-hydroxylation sites is 1. The standard InChI is InChI=1S/C28H32N4O3S2.ClH/c1-6-32(23-10-8-7-9-11-23)37(34,35)24-15-13-22(14-16-24)27(33)31(19-18-30(4)5)28-29-26-21(3)20(2)12-17-25(26)36-28;/h7-17H,6,18-19H2,1-5H3;1H. The molecule has 1 amide bonds. The summed E-state index contributed by atoms with van der Waals surface area (Å²) < 4.78 is 29.1. The largest absolute Gasteiger partial charge is 0.308 e. The van der Waals surface area contributed by atoms with Gasteiger partial charge in [0, 0.05) is 25.2 Å². The fourth-order valence-electron chi connectivity index (χ4n) is 4.05. The Balaban J connectivity index is 0.00000400. The van der Waals surface area contributed by atoms with E-state index in [0.29, 0.717) is 36.0 Å². The molecule has 0 bridgehead atoms. The van der Waals surface area contributed by atoms with Crippen LogP contribution in [0.2, 0.25) is 0 Å². The van der Waals surface area contributed by atoms with Crippen molar-refractivity contribution < 1.29 is 13.2 Å². The van der Waals surface area contributed by atoms with Crippen LogP contribution in [0.5, 0.6) is 0 Å². The van der Waals surface area contributed by atoms with Gasteiger partial charge in [-0.1, -0.05) is 35.6 Å². The maximum absolute atomic E-state index is 13.7. The van der Waals surface area contributed by atoms with E-state index >= 15 is 0 Å². The van der Waals surface area contributed by atoms with Crippen molar-refractivity contribution in [3.05, 3.63) is 83.4 Å². The van der Waals surface area contributed by atoms with E-state index in [9.17, 15) is 13.2 Å². The number of thiazole rings is 1. The van der Waals surface area contributed by atoms with Crippen LogP contribution in [0.1, 0.15) is 28.4 Å². The van der Waals surface area contributed by atoms with Crippen molar-refractivity contribution in [1.29, 1.82) is 0 Å². The number of anilines is 2. The molecule has 0 atom stereocenters. The number of sulfonamides is 1. The van der Waals surface area contributed by atoms with Gasteiger partial charge in [-0.2, -0.15) is 0 Å². The number of aromatic nitrogens is 1. The molecule has 0 saturated heterocycles. The van der Waals surface area contributed by atoms with Gasteiger partial charge >= 0.3 is 0 Å². The predicted octanol–water partition coefficient (Wildman–Crippen LogP) is 5.76. The molecule has 3 aromatic carbocycles. The smallest absolute Gasteiger partial charge is 0.264 e. The van der Waals surface area contributed by atoms with Gasteiger partial charge in [0.05, 0.1) is 20.8 Å². The molecule has 10 heteroatoms. The molecule has 0 spiro atoms. The Morgan fingerprint density at radius 3 is 2.18 bits per heavy atom. The lowest BCUT2D eigenvalue weighted by molar-refractivity contribution is 0.0985. The first-order valence-corrected chi connectivity index (χ1v) is 14.4. The van der Waals surface area contributed by atoms with E-state index in [2.05, 4.69) is 13.0 Å². The highest BCUT2D eigenvalue weighted by atomic mass is 35.5. The third-order valence-electron chi connectivity index (χ3n) is 6.34. The molecule has 38 heavy (non-hydrogen) atoms. The summed E-state index contributed by atoms with van der Waals surface area (Å²) in [7, 11) is 0.142. The Hall–Kier alpha value is -2.98. The fraction of sp³-hybridized carbons (Fsp3) is 0.286. The summed E-state index contributed by atoms with van der Waals surface area (Å²) in [6.45, 7) is 7.31. The minimum Gasteiger partial charge on any atom is -0.308 e. The Kier molecular flexibility index (Phi) is 9.54. The quantitative estimate of drug-likeness (QED) is 0.255. The second kappa shape index (κ2) is 12.3. The number of hydrogen-bond acceptors (Lipinski definition) is 6. The lowest BCUT2D eigenvalue weighted by Gasteiger charge is -2.24. The average molecular weight is 573 g/mol. The van der Waals surface area contributed by atoms with Crippen LogP contribution in [0.4, 0.5) is 10.8 Å². The van der Waals surface area contributed by atoms with E-state index in [1.54, 1.807) is 36.1 Å². The van der Waals surface area contributed by atoms with Gasteiger partial charge in [-0.25, -0.2) is 13.4 Å². The van der Waals surface area contributed by atoms with Crippen molar-refractivity contribution in [3.8, 4) is 0 Å². The molecule has 1 heterocycles. The SMILES string of the molecule is CCN(c1ccccc1)S(=O)(=O)c1ccc(C(=O)N(CCN(C)C)c2nc3c(C)c(C)ccc3s2)cc1.Cl. The number of carbonyl (C=O) groups is 1. The van der Waals surface area contributed by atoms with Crippen molar-refractivity contribution in [3.63, 3.8) is 0 Å². The van der Waals surface area contributed by atoms with Crippen LogP contribution in [0.15, 0.2) is 71.6 Å². The van der Waals surface area contributed by atoms with Crippen LogP contribution in [0.3, 0.4) is 0 Å². The summed E-state index contributed by atoms with van der Waals surface area (Å²) in [6.07, 6.45) is 0. The van der Waals surface area contributed by atoms with Gasteiger partial charge in [0.2, 0.25) is 0 Å². The van der Waals surface area contributed by atoms with Crippen molar-refractivity contribution in [2.45, 2.75) is 25.7 Å². The molecule has 0 N–H and O–H groups in total. The minimum atomic E-state index is -3.78. The van der Waals surface area contributed by atoms with Gasteiger partial charge < -0.3 is 4.90 Å². The molecule has 0 radical (unpaired) electrons. The second-order valence-electron chi connectivity index (χ2n) is 9.14. The third kappa shape index (κ3) is 6.02. The molecule has 202 valence electrons. The average Bonchev–Trinajstić information content (AvgIpc) is 3.32. The van der Waals surface area contributed by atoms with Crippen molar-refractivity contribution >= 4 is 60.7 Å². The van der Waals surface area contributed by atoms with E-state index in [0.717, 1.165) is 21.3 Å². The number of hydrogen-bond donors (Lipinski definition) is 0. The first-order valence-electron chi connectivity index (χ1n) is 12.1. The van der Waals surface area contributed by atoms with Crippen LogP contribution in [0.25, 0.3) is 10.2 Å². The monoisotopic (exact) mass is 572 g/mol. The van der Waals surface area contributed by atoms with E-state index in [-0.39, 0.29) is 23.2 Å². The molecule has 0 fully saturated rings. The van der Waals surface area contributed by atoms with Crippen LogP contribution < -0.4 is 9.21 Å². The van der Waals surface area contributed by atoms with Crippen LogP contribution in [0, 0.1) is 13.8 Å². The zero-order chi connectivity index (χ0) is 26.7. The number of rotatable bonds is 9. The van der Waals surface area contributed by atoms with E-state index in [1.165, 1.54) is 27.8 Å². The maximum Gasteiger partial charge on any atom is 0.264 e. The first kappa shape index (κ1) is 29.6. The zero-order valence-corrected chi connectivity index (χ0v) is 24.7. The molecular weight excluding hydrogens is 540 g/mol. The maximum atomic E-state index is 13.7. The Labute approximate surface area is 235 Å². The number of carbonyl (C=O) groups excluding carboxylic acids is 1. The number of fused-ring (bicyclic) bond motifs is 1. The number of nitrogens with zero attached hydrogens (tertiary/aromatic N) is 4. The summed E-state index contributed by atoms with van der Waals surface area (Å²) in [5.41, 5.74) is 4.18. The summed E-state index contributed by atoms with van der Waals surface area (Å²) in [5.74, 6) is -0.213. The second-order valence-corrected chi connectivity index (χ2v) is 12.0. The highest BCUT2D eigenvalue weighted by molar-refractivity contribution is 7.92. The Morgan fingerprint density at radius 1 is 0.921 bits per heavy atom. The van der Waals surface area contributed by atoms with Gasteiger partial charge in [0.15, 0.2) is 5.13 Å². The van der Waals surface area contributed by atoms with Gasteiger partial charge in [0.1, 0.15) is 0 Å². The lowest BCUT2D eigenvalue weighted by Crippen LogP contribution is -2.36. The number of halogens is 1. The van der Waals surface area contributed by atoms with Gasteiger partial charge in [-0.05, 0) is 88.5 Å². The Bertz CT molecular complexity index is 1500. The minimum absolute atomic E-state index is 0. The first-order chi connectivity index (χ1) is 17.6. The lowest BCUT2D eigenvalue weighted by atomic mass is 10.1. The molecule has 0 aliphatic heterocycles. The predicted molar refractivity (Wildman–Crippen MR) is 160 cm³/mol. The molecule has 0 aliphatic rings. The number of amides is 1. The summed E-state index contributed by atoms with van der Waals surface area (Å²) in [4.78, 5) is 22.3. The van der Waals surface area contributed by atoms with Gasteiger partial charge in [0.25, 0.3) is 15.9 Å². The molecule has 4 rings (SSSR count). The Morgan fingerprint density at radius 2 is 1.58 bits per heavy atom. The van der Waals surface area contributed by atoms with E-state index < -0.39 is 10.0 Å². The van der Waals surface area contributed by atoms with E-state index in [1.807, 2.05) is 50.2 Å². The fourth-order valence-corrected chi connectivity index (χ4v) is 6.58. The molecular formula is C28H33ClN4O3S2. The highest BCUT2D eigenvalue weighted by Gasteiger charge is 2.26. The normalized spacial score (nSPS) is 11.4. The number of benzene rings is 3. The van der Waals surface area contributed by atoms with Gasteiger partial charge in [-0.15, -0.1) is 12.4 Å². The zero-order valence-electron chi connectivity index (χ0n) is 22.2.